The molecule has 0 aliphatic heterocycles. The van der Waals surface area contributed by atoms with Crippen molar-refractivity contribution in [2.45, 2.75) is 64.4 Å². The van der Waals surface area contributed by atoms with Crippen molar-refractivity contribution in [1.82, 2.24) is 0 Å². The molecular weight excluding hydrogens is 204 g/mol. The Kier molecular flexibility index (Phi) is 10.1. The number of aliphatic hydroxyl groups is 1. The lowest BCUT2D eigenvalue weighted by atomic mass is 10.1. The van der Waals surface area contributed by atoms with Gasteiger partial charge in [-0.25, -0.2) is 4.79 Å². The zero-order chi connectivity index (χ0) is 12.2. The Bertz CT molecular complexity index is 199. The van der Waals surface area contributed by atoms with E-state index >= 15 is 0 Å². The Morgan fingerprint density at radius 1 is 1.12 bits per heavy atom. The van der Waals surface area contributed by atoms with Crippen LogP contribution in [-0.2, 0) is 4.79 Å². The van der Waals surface area contributed by atoms with Gasteiger partial charge in [0.25, 0.3) is 0 Å². The number of unbranched alkanes of at least 4 members (excludes halogenated alkanes) is 6. The van der Waals surface area contributed by atoms with Crippen LogP contribution >= 0.6 is 0 Å². The summed E-state index contributed by atoms with van der Waals surface area (Å²) < 4.78 is 0. The van der Waals surface area contributed by atoms with Gasteiger partial charge in [0.1, 0.15) is 0 Å². The van der Waals surface area contributed by atoms with E-state index in [2.05, 4.69) is 6.92 Å². The third-order valence-corrected chi connectivity index (χ3v) is 2.54. The summed E-state index contributed by atoms with van der Waals surface area (Å²) in [5.74, 6) is -1.15. The highest BCUT2D eigenvalue weighted by molar-refractivity contribution is 5.72. The average molecular weight is 228 g/mol. The average Bonchev–Trinajstić information content (AvgIpc) is 2.26. The van der Waals surface area contributed by atoms with E-state index in [4.69, 9.17) is 10.2 Å². The number of aliphatic carboxylic acids is 1. The molecule has 0 rings (SSSR count). The van der Waals surface area contributed by atoms with Crippen LogP contribution in [0.2, 0.25) is 0 Å². The molecule has 1 atom stereocenters. The van der Waals surface area contributed by atoms with Crippen LogP contribution in [-0.4, -0.2) is 22.3 Å². The fourth-order valence-corrected chi connectivity index (χ4v) is 1.49. The Balaban J connectivity index is 3.25. The molecule has 0 aliphatic rings. The van der Waals surface area contributed by atoms with Gasteiger partial charge in [-0.1, -0.05) is 51.2 Å². The molecule has 2 N–H and O–H groups in total. The van der Waals surface area contributed by atoms with Crippen molar-refractivity contribution >= 4 is 5.97 Å². The summed E-state index contributed by atoms with van der Waals surface area (Å²) >= 11 is 0. The summed E-state index contributed by atoms with van der Waals surface area (Å²) in [7, 11) is 0. The zero-order valence-electron chi connectivity index (χ0n) is 10.2. The smallest absolute Gasteiger partial charge is 0.332 e. The molecule has 0 amide bonds. The quantitative estimate of drug-likeness (QED) is 0.446. The zero-order valence-corrected chi connectivity index (χ0v) is 10.2. The van der Waals surface area contributed by atoms with Gasteiger partial charge in [-0.3, -0.25) is 0 Å². The van der Waals surface area contributed by atoms with Crippen LogP contribution in [0.4, 0.5) is 0 Å². The van der Waals surface area contributed by atoms with Gasteiger partial charge in [-0.15, -0.1) is 0 Å². The summed E-state index contributed by atoms with van der Waals surface area (Å²) in [6, 6.07) is 0. The van der Waals surface area contributed by atoms with Gasteiger partial charge in [-0.05, 0) is 12.8 Å². The first-order valence-electron chi connectivity index (χ1n) is 6.24. The molecule has 0 spiro atoms. The van der Waals surface area contributed by atoms with Crippen molar-refractivity contribution in [2.75, 3.05) is 0 Å². The second-order valence-corrected chi connectivity index (χ2v) is 4.12. The van der Waals surface area contributed by atoms with E-state index in [-0.39, 0.29) is 6.42 Å². The molecule has 0 bridgehead atoms. The number of aliphatic hydroxyl groups excluding tert-OH is 1. The van der Waals surface area contributed by atoms with Crippen molar-refractivity contribution < 1.29 is 15.0 Å². The van der Waals surface area contributed by atoms with Crippen LogP contribution < -0.4 is 0 Å². The monoisotopic (exact) mass is 228 g/mol. The minimum atomic E-state index is -1.25. The van der Waals surface area contributed by atoms with Gasteiger partial charge in [0, 0.05) is 6.42 Å². The van der Waals surface area contributed by atoms with Gasteiger partial charge in [0.05, 0.1) is 0 Å². The highest BCUT2D eigenvalue weighted by atomic mass is 16.4. The molecule has 0 saturated carbocycles. The summed E-state index contributed by atoms with van der Waals surface area (Å²) in [4.78, 5) is 10.3. The molecule has 94 valence electrons. The Morgan fingerprint density at radius 3 is 2.38 bits per heavy atom. The first-order chi connectivity index (χ1) is 7.68. The maximum absolute atomic E-state index is 10.3. The normalized spacial score (nSPS) is 13.1. The van der Waals surface area contributed by atoms with Crippen LogP contribution in [0, 0.1) is 0 Å². The largest absolute Gasteiger partial charge is 0.479 e. The molecule has 0 aromatic carbocycles. The van der Waals surface area contributed by atoms with Crippen molar-refractivity contribution in [3.63, 3.8) is 0 Å². The number of rotatable bonds is 10. The SMILES string of the molecule is CCCCCCCC/C=C/CC(O)C(=O)O. The van der Waals surface area contributed by atoms with E-state index in [1.807, 2.05) is 6.08 Å². The Hall–Kier alpha value is -0.830. The third kappa shape index (κ3) is 9.71. The first kappa shape index (κ1) is 15.2. The summed E-state index contributed by atoms with van der Waals surface area (Å²) in [6.45, 7) is 2.20. The molecule has 0 fully saturated rings. The molecule has 0 aliphatic carbocycles. The van der Waals surface area contributed by atoms with E-state index in [9.17, 15) is 4.79 Å². The predicted molar refractivity (Wildman–Crippen MR) is 65.4 cm³/mol. The van der Waals surface area contributed by atoms with Gasteiger partial charge in [0.15, 0.2) is 6.10 Å². The standard InChI is InChI=1S/C13H24O3/c1-2-3-4-5-6-7-8-9-10-11-12(14)13(15)16/h9-10,12,14H,2-8,11H2,1H3,(H,15,16)/b10-9+. The summed E-state index contributed by atoms with van der Waals surface area (Å²) in [6.07, 6.45) is 11.3. The molecule has 3 heteroatoms. The van der Waals surface area contributed by atoms with E-state index in [1.165, 1.54) is 32.1 Å². The van der Waals surface area contributed by atoms with Crippen LogP contribution in [0.3, 0.4) is 0 Å². The van der Waals surface area contributed by atoms with Gasteiger partial charge >= 0.3 is 5.97 Å². The van der Waals surface area contributed by atoms with Crippen LogP contribution in [0.5, 0.6) is 0 Å². The minimum absolute atomic E-state index is 0.213. The molecule has 3 nitrogen and oxygen atoms in total. The van der Waals surface area contributed by atoms with E-state index in [0.717, 1.165) is 12.8 Å². The van der Waals surface area contributed by atoms with Crippen molar-refractivity contribution in [3.8, 4) is 0 Å². The second-order valence-electron chi connectivity index (χ2n) is 4.12. The predicted octanol–water partition coefficient (Wildman–Crippen LogP) is 3.13. The number of allylic oxidation sites excluding steroid dienone is 1. The number of carboxylic acid groups (broad SMARTS) is 1. The van der Waals surface area contributed by atoms with E-state index < -0.39 is 12.1 Å². The van der Waals surface area contributed by atoms with Gasteiger partial charge in [0.2, 0.25) is 0 Å². The molecular formula is C13H24O3. The highest BCUT2D eigenvalue weighted by Crippen LogP contribution is 2.07. The molecule has 0 heterocycles. The topological polar surface area (TPSA) is 57.5 Å². The minimum Gasteiger partial charge on any atom is -0.479 e. The number of carboxylic acids is 1. The lowest BCUT2D eigenvalue weighted by molar-refractivity contribution is -0.146. The molecule has 0 saturated heterocycles. The maximum Gasteiger partial charge on any atom is 0.332 e. The molecule has 0 aromatic heterocycles. The second kappa shape index (κ2) is 10.7. The lowest BCUT2D eigenvalue weighted by Crippen LogP contribution is -2.17. The molecule has 1 unspecified atom stereocenters. The Morgan fingerprint density at radius 2 is 1.75 bits per heavy atom. The number of carbonyl (C=O) groups is 1. The number of hydrogen-bond donors (Lipinski definition) is 2. The fraction of sp³-hybridized carbons (Fsp3) is 0.769. The van der Waals surface area contributed by atoms with Crippen molar-refractivity contribution in [1.29, 1.82) is 0 Å². The molecule has 0 radical (unpaired) electrons. The van der Waals surface area contributed by atoms with E-state index in [1.54, 1.807) is 6.08 Å². The van der Waals surface area contributed by atoms with Crippen molar-refractivity contribution in [2.24, 2.45) is 0 Å². The van der Waals surface area contributed by atoms with Crippen LogP contribution in [0.15, 0.2) is 12.2 Å². The molecule has 0 aromatic rings. The summed E-state index contributed by atoms with van der Waals surface area (Å²) in [5, 5.41) is 17.4. The first-order valence-corrected chi connectivity index (χ1v) is 6.24. The van der Waals surface area contributed by atoms with Crippen LogP contribution in [0.1, 0.15) is 58.3 Å². The van der Waals surface area contributed by atoms with Crippen molar-refractivity contribution in [3.05, 3.63) is 12.2 Å². The number of hydrogen-bond acceptors (Lipinski definition) is 2. The summed E-state index contributed by atoms with van der Waals surface area (Å²) in [5.41, 5.74) is 0. The fourth-order valence-electron chi connectivity index (χ4n) is 1.49. The maximum atomic E-state index is 10.3. The highest BCUT2D eigenvalue weighted by Gasteiger charge is 2.09. The van der Waals surface area contributed by atoms with Gasteiger partial charge in [-0.2, -0.15) is 0 Å². The van der Waals surface area contributed by atoms with E-state index in [0.29, 0.717) is 0 Å². The van der Waals surface area contributed by atoms with Crippen LogP contribution in [0.25, 0.3) is 0 Å². The molecule has 16 heavy (non-hydrogen) atoms. The van der Waals surface area contributed by atoms with Gasteiger partial charge < -0.3 is 10.2 Å². The Labute approximate surface area is 98.2 Å². The third-order valence-electron chi connectivity index (χ3n) is 2.54. The lowest BCUT2D eigenvalue weighted by Gasteiger charge is -2.00.